The van der Waals surface area contributed by atoms with E-state index in [0.717, 1.165) is 12.8 Å². The Hall–Kier alpha value is -1.20. The monoisotopic (exact) mass is 202 g/mol. The van der Waals surface area contributed by atoms with Crippen molar-refractivity contribution in [2.75, 3.05) is 0 Å². The van der Waals surface area contributed by atoms with E-state index in [4.69, 9.17) is 12.2 Å². The van der Waals surface area contributed by atoms with Gasteiger partial charge in [0.05, 0.1) is 5.54 Å². The number of hydrogen-bond acceptors (Lipinski definition) is 1. The summed E-state index contributed by atoms with van der Waals surface area (Å²) >= 11 is 0. The molecule has 0 spiro atoms. The van der Waals surface area contributed by atoms with E-state index in [1.54, 1.807) is 0 Å². The van der Waals surface area contributed by atoms with E-state index < -0.39 is 0 Å². The van der Waals surface area contributed by atoms with Crippen molar-refractivity contribution in [3.8, 4) is 12.3 Å². The second-order valence-electron chi connectivity index (χ2n) is 4.79. The van der Waals surface area contributed by atoms with Crippen LogP contribution in [-0.4, -0.2) is 4.57 Å². The second kappa shape index (κ2) is 3.43. The molecule has 1 aliphatic rings. The Balaban J connectivity index is 2.49. The number of fused-ring (bicyclic) bond motifs is 1. The van der Waals surface area contributed by atoms with Gasteiger partial charge in [-0.15, -0.1) is 6.42 Å². The molecule has 0 aliphatic heterocycles. The van der Waals surface area contributed by atoms with E-state index in [0.29, 0.717) is 0 Å². The molecule has 0 aromatic carbocycles. The Morgan fingerprint density at radius 2 is 2.33 bits per heavy atom. The first kappa shape index (κ1) is 10.3. The first-order valence-electron chi connectivity index (χ1n) is 5.50. The van der Waals surface area contributed by atoms with Gasteiger partial charge in [0.1, 0.15) is 0 Å². The minimum atomic E-state index is -0.245. The van der Waals surface area contributed by atoms with Gasteiger partial charge in [-0.1, -0.05) is 5.92 Å². The molecule has 0 saturated carbocycles. The maximum atomic E-state index is 6.08. The smallest absolute Gasteiger partial charge is 0.0992 e. The van der Waals surface area contributed by atoms with Gasteiger partial charge in [0, 0.05) is 17.9 Å². The predicted octanol–water partition coefficient (Wildman–Crippen LogP) is 2.19. The van der Waals surface area contributed by atoms with Crippen LogP contribution in [0.15, 0.2) is 12.3 Å². The Labute approximate surface area is 91.5 Å². The van der Waals surface area contributed by atoms with Gasteiger partial charge in [-0.05, 0) is 44.7 Å². The Morgan fingerprint density at radius 1 is 1.60 bits per heavy atom. The Kier molecular flexibility index (Phi) is 2.36. The molecule has 1 atom stereocenters. The van der Waals surface area contributed by atoms with Gasteiger partial charge in [-0.25, -0.2) is 0 Å². The highest BCUT2D eigenvalue weighted by atomic mass is 15.0. The summed E-state index contributed by atoms with van der Waals surface area (Å²) in [4.78, 5) is 0. The zero-order chi connectivity index (χ0) is 11.1. The fourth-order valence-electron chi connectivity index (χ4n) is 2.32. The quantitative estimate of drug-likeness (QED) is 0.695. The molecule has 1 aromatic heterocycles. The van der Waals surface area contributed by atoms with Crippen LogP contribution in [0, 0.1) is 12.3 Å². The maximum Gasteiger partial charge on any atom is 0.0992 e. The van der Waals surface area contributed by atoms with E-state index in [1.807, 2.05) is 0 Å². The van der Waals surface area contributed by atoms with Gasteiger partial charge in [0.15, 0.2) is 0 Å². The molecule has 1 heterocycles. The van der Waals surface area contributed by atoms with Gasteiger partial charge < -0.3 is 10.3 Å². The van der Waals surface area contributed by atoms with Crippen molar-refractivity contribution in [3.05, 3.63) is 23.5 Å². The number of rotatable bonds is 1. The normalized spacial score (nSPS) is 20.8. The maximum absolute atomic E-state index is 6.08. The van der Waals surface area contributed by atoms with E-state index in [-0.39, 0.29) is 11.6 Å². The van der Waals surface area contributed by atoms with E-state index in [1.165, 1.54) is 17.7 Å². The van der Waals surface area contributed by atoms with Crippen LogP contribution < -0.4 is 5.73 Å². The summed E-state index contributed by atoms with van der Waals surface area (Å²) in [5.74, 6) is 2.83. The van der Waals surface area contributed by atoms with Gasteiger partial charge in [-0.3, -0.25) is 0 Å². The van der Waals surface area contributed by atoms with E-state index >= 15 is 0 Å². The lowest BCUT2D eigenvalue weighted by atomic mass is 9.93. The summed E-state index contributed by atoms with van der Waals surface area (Å²) in [5.41, 5.74) is 8.45. The van der Waals surface area contributed by atoms with E-state index in [9.17, 15) is 0 Å². The minimum absolute atomic E-state index is 0.198. The van der Waals surface area contributed by atoms with Crippen molar-refractivity contribution in [2.45, 2.75) is 44.7 Å². The molecule has 2 heteroatoms. The molecule has 80 valence electrons. The van der Waals surface area contributed by atoms with Gasteiger partial charge in [0.25, 0.3) is 0 Å². The molecule has 2 rings (SSSR count). The number of hydrogen-bond donors (Lipinski definition) is 1. The highest BCUT2D eigenvalue weighted by Gasteiger charge is 2.25. The molecule has 0 radical (unpaired) electrons. The summed E-state index contributed by atoms with van der Waals surface area (Å²) < 4.78 is 2.20. The third-order valence-corrected chi connectivity index (χ3v) is 3.31. The van der Waals surface area contributed by atoms with Crippen LogP contribution in [0.2, 0.25) is 0 Å². The number of nitrogens with two attached hydrogens (primary N) is 1. The summed E-state index contributed by atoms with van der Waals surface area (Å²) in [5, 5.41) is 0. The SMILES string of the molecule is C#CC(C)(C)n1ccc2c1CCCC2N. The lowest BCUT2D eigenvalue weighted by Crippen LogP contribution is -2.27. The largest absolute Gasteiger partial charge is 0.335 e. The standard InChI is InChI=1S/C13H18N2/c1-4-13(2,3)15-9-8-10-11(14)6-5-7-12(10)15/h1,8-9,11H,5-7,14H2,2-3H3. The zero-order valence-electron chi connectivity index (χ0n) is 9.46. The van der Waals surface area contributed by atoms with Crippen molar-refractivity contribution >= 4 is 0 Å². The van der Waals surface area contributed by atoms with Crippen LogP contribution in [-0.2, 0) is 12.0 Å². The van der Waals surface area contributed by atoms with Crippen LogP contribution in [0.1, 0.15) is 44.0 Å². The van der Waals surface area contributed by atoms with Crippen molar-refractivity contribution in [1.29, 1.82) is 0 Å². The Bertz CT molecular complexity index is 407. The fourth-order valence-corrected chi connectivity index (χ4v) is 2.32. The van der Waals surface area contributed by atoms with Gasteiger partial charge in [0.2, 0.25) is 0 Å². The average molecular weight is 202 g/mol. The van der Waals surface area contributed by atoms with Crippen LogP contribution in [0.25, 0.3) is 0 Å². The molecule has 1 unspecified atom stereocenters. The summed E-state index contributed by atoms with van der Waals surface area (Å²) in [6.45, 7) is 4.13. The van der Waals surface area contributed by atoms with Crippen LogP contribution in [0.4, 0.5) is 0 Å². The van der Waals surface area contributed by atoms with Gasteiger partial charge >= 0.3 is 0 Å². The second-order valence-corrected chi connectivity index (χ2v) is 4.79. The predicted molar refractivity (Wildman–Crippen MR) is 62.5 cm³/mol. The van der Waals surface area contributed by atoms with Crippen molar-refractivity contribution in [3.63, 3.8) is 0 Å². The molecule has 0 fully saturated rings. The third kappa shape index (κ3) is 1.57. The average Bonchev–Trinajstić information content (AvgIpc) is 2.63. The third-order valence-electron chi connectivity index (χ3n) is 3.31. The summed E-state index contributed by atoms with van der Waals surface area (Å²) in [6, 6.07) is 2.32. The lowest BCUT2D eigenvalue weighted by Gasteiger charge is -2.27. The van der Waals surface area contributed by atoms with Gasteiger partial charge in [-0.2, -0.15) is 0 Å². The minimum Gasteiger partial charge on any atom is -0.335 e. The highest BCUT2D eigenvalue weighted by molar-refractivity contribution is 5.31. The molecule has 2 N–H and O–H groups in total. The molecular weight excluding hydrogens is 184 g/mol. The first-order valence-corrected chi connectivity index (χ1v) is 5.50. The van der Waals surface area contributed by atoms with Crippen LogP contribution in [0.5, 0.6) is 0 Å². The highest BCUT2D eigenvalue weighted by Crippen LogP contribution is 2.31. The first-order chi connectivity index (χ1) is 7.06. The molecule has 2 nitrogen and oxygen atoms in total. The van der Waals surface area contributed by atoms with Crippen molar-refractivity contribution in [1.82, 2.24) is 4.57 Å². The van der Waals surface area contributed by atoms with Crippen molar-refractivity contribution < 1.29 is 0 Å². The Morgan fingerprint density at radius 3 is 3.00 bits per heavy atom. The summed E-state index contributed by atoms with van der Waals surface area (Å²) in [7, 11) is 0. The molecule has 0 amide bonds. The fraction of sp³-hybridized carbons (Fsp3) is 0.538. The number of nitrogens with zero attached hydrogens (tertiary/aromatic N) is 1. The molecule has 1 aliphatic carbocycles. The summed E-state index contributed by atoms with van der Waals surface area (Å²) in [6.07, 6.45) is 11.0. The molecule has 1 aromatic rings. The molecule has 0 bridgehead atoms. The van der Waals surface area contributed by atoms with Crippen LogP contribution >= 0.6 is 0 Å². The lowest BCUT2D eigenvalue weighted by molar-refractivity contribution is 0.441. The molecular formula is C13H18N2. The molecule has 0 saturated heterocycles. The number of aromatic nitrogens is 1. The number of terminal acetylenes is 1. The zero-order valence-corrected chi connectivity index (χ0v) is 9.46. The molecule has 15 heavy (non-hydrogen) atoms. The van der Waals surface area contributed by atoms with Crippen LogP contribution in [0.3, 0.4) is 0 Å². The van der Waals surface area contributed by atoms with E-state index in [2.05, 4.69) is 36.6 Å². The topological polar surface area (TPSA) is 30.9 Å². The van der Waals surface area contributed by atoms with Crippen molar-refractivity contribution in [2.24, 2.45) is 5.73 Å².